The molecule has 2 aromatic heterocycles. The van der Waals surface area contributed by atoms with E-state index in [0.717, 1.165) is 40.5 Å². The standard InChI is InChI=1S/C31H47N4P2.C5H5.Fe/c1-27(2,3)23-19-22(31(36,25-32-15-13-16-33-25)26-34-17-14-18-35-26)21(24(23)28(4,5)6)20-37(29(7,8)9)30(10,11)12;1-2-4-5-3-1;/h13-19H,20,36H2,1-12H3;1-5H;. The first-order valence-electron chi connectivity index (χ1n) is 16.8. The zero-order chi connectivity index (χ0) is 30.8. The fourth-order valence-corrected chi connectivity index (χ4v) is 124. The quantitative estimate of drug-likeness (QED) is 0.237. The van der Waals surface area contributed by atoms with E-state index in [0.29, 0.717) is 34.1 Å². The molecule has 4 nitrogen and oxygen atoms in total. The fraction of sp³-hybridized carbons (Fsp3) is 0.778. The Labute approximate surface area is 252 Å². The SMILES string of the molecule is CC(C)(C)P(C[C]12[C]3(C(P)(c4ncccn4)c4ncccn4)[CH]4[C]5(C(C)(C)C)[C]1(C(C)(C)C)[Fe]42351678[CH]2[CH]1[CH]6[CH]7[CH]28)C(C)(C)C. The van der Waals surface area contributed by atoms with E-state index in [1.807, 2.05) is 36.9 Å². The summed E-state index contributed by atoms with van der Waals surface area (Å²) < 4.78 is 1.87. The van der Waals surface area contributed by atoms with Gasteiger partial charge in [-0.1, -0.05) is 0 Å². The Hall–Kier alpha value is -0.461. The van der Waals surface area contributed by atoms with Gasteiger partial charge >= 0.3 is 254 Å². The summed E-state index contributed by atoms with van der Waals surface area (Å²) in [6.45, 7) is 27.1. The molecular formula is C36H52FeN4P2. The molecule has 0 aromatic carbocycles. The summed E-state index contributed by atoms with van der Waals surface area (Å²) in [5.41, 5.74) is 0.641. The minimum absolute atomic E-state index is 0.259. The third-order valence-electron chi connectivity index (χ3n) is 22.0. The van der Waals surface area contributed by atoms with Crippen LogP contribution in [0.3, 0.4) is 0 Å². The summed E-state index contributed by atoms with van der Waals surface area (Å²) >= 11 is 0. The Morgan fingerprint density at radius 1 is 0.651 bits per heavy atom. The van der Waals surface area contributed by atoms with Crippen LogP contribution in [-0.4, -0.2) is 36.4 Å². The molecule has 6 atom stereocenters. The van der Waals surface area contributed by atoms with Crippen LogP contribution >= 0.6 is 17.2 Å². The van der Waals surface area contributed by atoms with Gasteiger partial charge in [-0.3, -0.25) is 0 Å². The zero-order valence-corrected chi connectivity index (χ0v) is 31.5. The van der Waals surface area contributed by atoms with Crippen LogP contribution in [-0.2, 0) is 11.7 Å². The number of fused-ring (bicyclic) bond motifs is 10. The molecular weight excluding hydrogens is 606 g/mol. The zero-order valence-electron chi connectivity index (χ0n) is 28.3. The van der Waals surface area contributed by atoms with Gasteiger partial charge in [-0.25, -0.2) is 0 Å². The van der Waals surface area contributed by atoms with E-state index in [1.165, 1.54) is 6.16 Å². The number of rotatable bonds is 5. The topological polar surface area (TPSA) is 51.6 Å². The molecule has 10 aliphatic heterocycles. The molecule has 0 amide bonds. The van der Waals surface area contributed by atoms with Gasteiger partial charge in [0.2, 0.25) is 0 Å². The van der Waals surface area contributed by atoms with Crippen molar-refractivity contribution in [2.75, 3.05) is 6.16 Å². The first-order valence-corrected chi connectivity index (χ1v) is 25.0. The van der Waals surface area contributed by atoms with Crippen molar-refractivity contribution in [2.45, 2.75) is 145 Å². The van der Waals surface area contributed by atoms with Gasteiger partial charge in [-0.05, 0) is 0 Å². The molecule has 12 heterocycles. The van der Waals surface area contributed by atoms with Crippen molar-refractivity contribution < 1.29 is 6.51 Å². The van der Waals surface area contributed by atoms with Gasteiger partial charge in [0.25, 0.3) is 0 Å². The van der Waals surface area contributed by atoms with E-state index in [1.54, 1.807) is 0 Å². The average Bonchev–Trinajstić information content (AvgIpc) is 3.84. The summed E-state index contributed by atoms with van der Waals surface area (Å²) in [4.78, 5) is 27.2. The maximum absolute atomic E-state index is 5.21. The van der Waals surface area contributed by atoms with E-state index in [4.69, 9.17) is 19.9 Å². The van der Waals surface area contributed by atoms with Crippen LogP contribution in [0.25, 0.3) is 0 Å². The first kappa shape index (κ1) is 25.6. The van der Waals surface area contributed by atoms with Crippen molar-refractivity contribution in [3.8, 4) is 0 Å². The minimum atomic E-state index is -4.68. The fourth-order valence-electron chi connectivity index (χ4n) is 27.0. The molecule has 0 bridgehead atoms. The van der Waals surface area contributed by atoms with Crippen LogP contribution in [0.5, 0.6) is 0 Å². The third kappa shape index (κ3) is 0.609. The Kier molecular flexibility index (Phi) is 2.18. The number of nitrogens with zero attached hydrogens (tertiary/aromatic N) is 4. The monoisotopic (exact) mass is 658 g/mol. The number of aromatic nitrogens is 4. The van der Waals surface area contributed by atoms with Gasteiger partial charge in [0, 0.05) is 0 Å². The third-order valence-corrected chi connectivity index (χ3v) is 73.0. The first-order chi connectivity index (χ1) is 19.5. The van der Waals surface area contributed by atoms with Crippen molar-refractivity contribution in [3.05, 3.63) is 48.6 Å². The van der Waals surface area contributed by atoms with Crippen LogP contribution < -0.4 is 0 Å². The summed E-state index contributed by atoms with van der Waals surface area (Å²) in [6, 6.07) is 4.00. The summed E-state index contributed by atoms with van der Waals surface area (Å²) in [7, 11) is 3.31. The molecule has 234 valence electrons. The van der Waals surface area contributed by atoms with Crippen LogP contribution in [0.15, 0.2) is 36.9 Å². The van der Waals surface area contributed by atoms with Crippen molar-refractivity contribution >= 4 is 17.2 Å². The Morgan fingerprint density at radius 2 is 1.05 bits per heavy atom. The summed E-state index contributed by atoms with van der Waals surface area (Å²) in [5.74, 6) is 2.00. The van der Waals surface area contributed by atoms with Crippen molar-refractivity contribution in [2.24, 2.45) is 10.8 Å². The average molecular weight is 659 g/mol. The normalized spacial score (nSPS) is 61.6. The molecule has 2 aromatic rings. The van der Waals surface area contributed by atoms with Gasteiger partial charge in [-0.2, -0.15) is 0 Å². The molecule has 6 unspecified atom stereocenters. The van der Waals surface area contributed by atoms with Crippen molar-refractivity contribution in [1.29, 1.82) is 0 Å². The van der Waals surface area contributed by atoms with Gasteiger partial charge < -0.3 is 0 Å². The molecule has 0 aliphatic carbocycles. The van der Waals surface area contributed by atoms with Crippen molar-refractivity contribution in [3.63, 3.8) is 0 Å². The Balaban J connectivity index is 1.29. The second-order valence-corrected chi connectivity index (χ2v) is 49.8. The van der Waals surface area contributed by atoms with Crippen LogP contribution in [0.1, 0.15) is 94.7 Å². The van der Waals surface area contributed by atoms with Crippen LogP contribution in [0, 0.1) is 10.8 Å². The molecule has 43 heavy (non-hydrogen) atoms. The number of hydrogen-bond donors (Lipinski definition) is 0. The summed E-state index contributed by atoms with van der Waals surface area (Å²) in [6.07, 6.45) is 9.46. The Bertz CT molecular complexity index is 2070. The molecule has 0 N–H and O–H groups in total. The van der Waals surface area contributed by atoms with E-state index in [9.17, 15) is 0 Å². The van der Waals surface area contributed by atoms with E-state index in [-0.39, 0.29) is 12.2 Å². The molecule has 10 fully saturated rings. The van der Waals surface area contributed by atoms with Gasteiger partial charge in [0.15, 0.2) is 0 Å². The van der Waals surface area contributed by atoms with E-state index >= 15 is 0 Å². The molecule has 10 saturated heterocycles. The summed E-state index contributed by atoms with van der Waals surface area (Å²) in [5, 5.41) is 0.202. The molecule has 7 heteroatoms. The second-order valence-electron chi connectivity index (χ2n) is 22.4. The molecule has 0 radical (unpaired) electrons. The van der Waals surface area contributed by atoms with Gasteiger partial charge in [0.05, 0.1) is 0 Å². The van der Waals surface area contributed by atoms with Crippen LogP contribution in [0.2, 0.25) is 46.2 Å². The van der Waals surface area contributed by atoms with Gasteiger partial charge in [0.1, 0.15) is 0 Å². The van der Waals surface area contributed by atoms with Crippen LogP contribution in [0.4, 0.5) is 0 Å². The molecule has 10 aliphatic rings. The maximum atomic E-state index is 5.21. The van der Waals surface area contributed by atoms with Crippen molar-refractivity contribution in [1.82, 2.24) is 19.9 Å². The Morgan fingerprint density at radius 3 is 1.35 bits per heavy atom. The number of hydrogen-bond acceptors (Lipinski definition) is 4. The molecule has 0 saturated carbocycles. The van der Waals surface area contributed by atoms with E-state index in [2.05, 4.69) is 92.3 Å². The predicted octanol–water partition coefficient (Wildman–Crippen LogP) is 10.4. The second kappa shape index (κ2) is 3.66. The predicted molar refractivity (Wildman–Crippen MR) is 178 cm³/mol. The van der Waals surface area contributed by atoms with E-state index < -0.39 is 11.7 Å². The molecule has 1 spiro atoms. The molecule has 12 rings (SSSR count). The van der Waals surface area contributed by atoms with Gasteiger partial charge in [-0.15, -0.1) is 0 Å².